The molecule has 0 heterocycles. The predicted octanol–water partition coefficient (Wildman–Crippen LogP) is 4.40. The summed E-state index contributed by atoms with van der Waals surface area (Å²) in [6.45, 7) is 0. The van der Waals surface area contributed by atoms with Gasteiger partial charge in [0.05, 0.1) is 6.21 Å². The minimum absolute atomic E-state index is 0.0250. The maximum Gasteiger partial charge on any atom is 0.420 e. The maximum atomic E-state index is 12.9. The minimum atomic E-state index is -4.59. The van der Waals surface area contributed by atoms with E-state index in [1.165, 1.54) is 12.1 Å². The monoisotopic (exact) mass is 301 g/mol. The van der Waals surface area contributed by atoms with Gasteiger partial charge in [0.25, 0.3) is 0 Å². The lowest BCUT2D eigenvalue weighted by Crippen LogP contribution is -2.06. The van der Waals surface area contributed by atoms with Gasteiger partial charge in [0, 0.05) is 11.6 Å². The molecule has 0 radical (unpaired) electrons. The molecule has 2 aromatic rings. The van der Waals surface area contributed by atoms with Gasteiger partial charge in [0.15, 0.2) is 5.75 Å². The molecule has 0 aliphatic carbocycles. The zero-order chi connectivity index (χ0) is 15.5. The van der Waals surface area contributed by atoms with E-state index in [2.05, 4.69) is 9.99 Å². The number of rotatable bonds is 3. The molecule has 0 saturated carbocycles. The lowest BCUT2D eigenvalue weighted by molar-refractivity contribution is -0.138. The van der Waals surface area contributed by atoms with Crippen molar-refractivity contribution in [3.8, 4) is 5.75 Å². The van der Waals surface area contributed by atoms with Crippen molar-refractivity contribution in [2.45, 2.75) is 6.18 Å². The summed E-state index contributed by atoms with van der Waals surface area (Å²) in [4.78, 5) is 4.65. The molecule has 21 heavy (non-hydrogen) atoms. The molecule has 0 N–H and O–H groups in total. The van der Waals surface area contributed by atoms with Crippen LogP contribution in [0.1, 0.15) is 11.1 Å². The first kappa shape index (κ1) is 15.0. The highest BCUT2D eigenvalue weighted by atomic mass is 19.4. The molecule has 0 atom stereocenters. The second-order valence-electron chi connectivity index (χ2n) is 4.02. The largest absolute Gasteiger partial charge is 0.420 e. The molecule has 7 heteroatoms. The number of oxime groups is 1. The first-order valence-electron chi connectivity index (χ1n) is 5.69. The zero-order valence-electron chi connectivity index (χ0n) is 10.4. The van der Waals surface area contributed by atoms with Crippen molar-refractivity contribution in [2.75, 3.05) is 0 Å². The smallest absolute Gasteiger partial charge is 0.356 e. The molecular weight excluding hydrogens is 293 g/mol. The Morgan fingerprint density at radius 1 is 0.952 bits per heavy atom. The van der Waals surface area contributed by atoms with Crippen LogP contribution in [0.4, 0.5) is 22.0 Å². The van der Waals surface area contributed by atoms with Crippen LogP contribution in [0.3, 0.4) is 0 Å². The Bertz CT molecular complexity index is 646. The number of benzene rings is 2. The first-order chi connectivity index (χ1) is 9.86. The fourth-order valence-corrected chi connectivity index (χ4v) is 1.57. The van der Waals surface area contributed by atoms with E-state index in [9.17, 15) is 22.0 Å². The van der Waals surface area contributed by atoms with Crippen LogP contribution in [-0.2, 0) is 6.18 Å². The molecule has 0 bridgehead atoms. The summed E-state index contributed by atoms with van der Waals surface area (Å²) in [5, 5.41) is 3.31. The zero-order valence-corrected chi connectivity index (χ0v) is 10.4. The van der Waals surface area contributed by atoms with Crippen LogP contribution < -0.4 is 4.84 Å². The quantitative estimate of drug-likeness (QED) is 0.468. The number of halogens is 5. The third-order valence-electron chi connectivity index (χ3n) is 2.43. The van der Waals surface area contributed by atoms with Crippen molar-refractivity contribution in [2.24, 2.45) is 5.16 Å². The maximum absolute atomic E-state index is 12.9. The summed E-state index contributed by atoms with van der Waals surface area (Å²) >= 11 is 0. The molecule has 0 aromatic heterocycles. The van der Waals surface area contributed by atoms with E-state index in [0.717, 1.165) is 30.5 Å². The Morgan fingerprint density at radius 2 is 1.57 bits per heavy atom. The number of nitrogens with zero attached hydrogens (tertiary/aromatic N) is 1. The molecule has 110 valence electrons. The Kier molecular flexibility index (Phi) is 4.21. The number of hydrogen-bond donors (Lipinski definition) is 0. The standard InChI is InChI=1S/C14H8F5NO/c15-10-5-9(6-11(16)7-10)8-20-21-13-4-2-1-3-12(13)14(17,18)19/h1-8H/b20-8+. The van der Waals surface area contributed by atoms with E-state index >= 15 is 0 Å². The van der Waals surface area contributed by atoms with Gasteiger partial charge in [0.1, 0.15) is 17.2 Å². The normalized spacial score (nSPS) is 11.9. The third-order valence-corrected chi connectivity index (χ3v) is 2.43. The molecular formula is C14H8F5NO. The molecule has 2 aromatic carbocycles. The molecule has 0 aliphatic rings. The van der Waals surface area contributed by atoms with Gasteiger partial charge < -0.3 is 4.84 Å². The Balaban J connectivity index is 2.18. The average Bonchev–Trinajstić information content (AvgIpc) is 2.37. The molecule has 2 rings (SSSR count). The van der Waals surface area contributed by atoms with Gasteiger partial charge in [0.2, 0.25) is 0 Å². The van der Waals surface area contributed by atoms with Crippen LogP contribution in [0.2, 0.25) is 0 Å². The van der Waals surface area contributed by atoms with Crippen LogP contribution in [0, 0.1) is 11.6 Å². The molecule has 0 spiro atoms. The fourth-order valence-electron chi connectivity index (χ4n) is 1.57. The molecule has 0 aliphatic heterocycles. The highest BCUT2D eigenvalue weighted by Gasteiger charge is 2.34. The summed E-state index contributed by atoms with van der Waals surface area (Å²) in [5.74, 6) is -2.16. The second kappa shape index (κ2) is 5.90. The highest BCUT2D eigenvalue weighted by Crippen LogP contribution is 2.35. The van der Waals surface area contributed by atoms with Crippen molar-refractivity contribution in [1.82, 2.24) is 0 Å². The first-order valence-corrected chi connectivity index (χ1v) is 5.69. The molecule has 0 amide bonds. The van der Waals surface area contributed by atoms with Crippen LogP contribution in [-0.4, -0.2) is 6.21 Å². The minimum Gasteiger partial charge on any atom is -0.356 e. The lowest BCUT2D eigenvalue weighted by Gasteiger charge is -2.09. The van der Waals surface area contributed by atoms with Gasteiger partial charge in [-0.2, -0.15) is 13.2 Å². The molecule has 0 fully saturated rings. The summed E-state index contributed by atoms with van der Waals surface area (Å²) in [5.41, 5.74) is -0.968. The predicted molar refractivity (Wildman–Crippen MR) is 66.0 cm³/mol. The van der Waals surface area contributed by atoms with E-state index in [1.807, 2.05) is 0 Å². The number of hydrogen-bond acceptors (Lipinski definition) is 2. The van der Waals surface area contributed by atoms with Crippen LogP contribution in [0.15, 0.2) is 47.6 Å². The van der Waals surface area contributed by atoms with Crippen LogP contribution >= 0.6 is 0 Å². The van der Waals surface area contributed by atoms with E-state index in [1.54, 1.807) is 0 Å². The van der Waals surface area contributed by atoms with Crippen molar-refractivity contribution < 1.29 is 26.8 Å². The van der Waals surface area contributed by atoms with Gasteiger partial charge in [-0.05, 0) is 24.3 Å². The van der Waals surface area contributed by atoms with Crippen molar-refractivity contribution in [1.29, 1.82) is 0 Å². The van der Waals surface area contributed by atoms with Crippen molar-refractivity contribution in [3.63, 3.8) is 0 Å². The van der Waals surface area contributed by atoms with Crippen molar-refractivity contribution >= 4 is 6.21 Å². The van der Waals surface area contributed by atoms with E-state index < -0.39 is 29.1 Å². The lowest BCUT2D eigenvalue weighted by atomic mass is 10.2. The highest BCUT2D eigenvalue weighted by molar-refractivity contribution is 5.79. The van der Waals surface area contributed by atoms with E-state index in [0.29, 0.717) is 6.07 Å². The van der Waals surface area contributed by atoms with E-state index in [-0.39, 0.29) is 5.56 Å². The summed E-state index contributed by atoms with van der Waals surface area (Å²) in [6, 6.07) is 7.08. The van der Waals surface area contributed by atoms with Gasteiger partial charge in [-0.15, -0.1) is 0 Å². The van der Waals surface area contributed by atoms with Gasteiger partial charge in [-0.1, -0.05) is 17.3 Å². The third kappa shape index (κ3) is 4.01. The van der Waals surface area contributed by atoms with E-state index in [4.69, 9.17) is 0 Å². The Hall–Kier alpha value is -2.44. The Labute approximate surface area is 116 Å². The van der Waals surface area contributed by atoms with Gasteiger partial charge in [-0.25, -0.2) is 8.78 Å². The summed E-state index contributed by atoms with van der Waals surface area (Å²) < 4.78 is 63.8. The number of alkyl halides is 3. The second-order valence-corrected chi connectivity index (χ2v) is 4.02. The van der Waals surface area contributed by atoms with Crippen LogP contribution in [0.5, 0.6) is 5.75 Å². The average molecular weight is 301 g/mol. The molecule has 0 unspecified atom stereocenters. The van der Waals surface area contributed by atoms with Gasteiger partial charge >= 0.3 is 6.18 Å². The van der Waals surface area contributed by atoms with Crippen LogP contribution in [0.25, 0.3) is 0 Å². The van der Waals surface area contributed by atoms with Gasteiger partial charge in [-0.3, -0.25) is 0 Å². The van der Waals surface area contributed by atoms with Crippen molar-refractivity contribution in [3.05, 3.63) is 65.2 Å². The molecule has 0 saturated heterocycles. The summed E-state index contributed by atoms with van der Waals surface area (Å²) in [7, 11) is 0. The SMILES string of the molecule is Fc1cc(F)cc(/C=N/Oc2ccccc2C(F)(F)F)c1. The molecule has 2 nitrogen and oxygen atoms in total. The fraction of sp³-hybridized carbons (Fsp3) is 0.0714. The number of para-hydroxylation sites is 1. The summed E-state index contributed by atoms with van der Waals surface area (Å²) in [6.07, 6.45) is -3.67. The Morgan fingerprint density at radius 3 is 2.19 bits per heavy atom. The topological polar surface area (TPSA) is 21.6 Å².